The molecule has 206 valence electrons. The number of likely N-dealkylation sites (tertiary alicyclic amines) is 1. The van der Waals surface area contributed by atoms with Gasteiger partial charge in [-0.05, 0) is 71.8 Å². The molecular weight excluding hydrogens is 491 g/mol. The lowest BCUT2D eigenvalue weighted by Crippen LogP contribution is -2.46. The lowest BCUT2D eigenvalue weighted by atomic mass is 10.1. The van der Waals surface area contributed by atoms with E-state index in [9.17, 15) is 18.9 Å². The maximum absolute atomic E-state index is 14.4. The molecule has 2 amide bonds. The summed E-state index contributed by atoms with van der Waals surface area (Å²) >= 11 is 0. The van der Waals surface area contributed by atoms with Crippen molar-refractivity contribution in [1.82, 2.24) is 10.2 Å². The molecule has 1 aliphatic carbocycles. The maximum Gasteiger partial charge on any atom is 0.329 e. The van der Waals surface area contributed by atoms with Crippen LogP contribution in [0.25, 0.3) is 0 Å². The van der Waals surface area contributed by atoms with E-state index >= 15 is 0 Å². The van der Waals surface area contributed by atoms with Crippen molar-refractivity contribution in [2.24, 2.45) is 5.92 Å². The molecule has 1 N–H and O–H groups in total. The van der Waals surface area contributed by atoms with E-state index in [0.29, 0.717) is 32.2 Å². The van der Waals surface area contributed by atoms with Crippen molar-refractivity contribution in [3.05, 3.63) is 35.9 Å². The van der Waals surface area contributed by atoms with E-state index in [4.69, 9.17) is 9.26 Å². The van der Waals surface area contributed by atoms with Crippen LogP contribution in [0.2, 0.25) is 0 Å². The van der Waals surface area contributed by atoms with E-state index in [1.807, 2.05) is 30.3 Å². The summed E-state index contributed by atoms with van der Waals surface area (Å²) in [6.45, 7) is 7.67. The van der Waals surface area contributed by atoms with Gasteiger partial charge < -0.3 is 19.5 Å². The van der Waals surface area contributed by atoms with Crippen LogP contribution < -0.4 is 5.32 Å². The number of hydrogen-bond acceptors (Lipinski definition) is 6. The molecule has 0 spiro atoms. The Balaban J connectivity index is 1.79. The molecule has 0 aromatic heterocycles. The summed E-state index contributed by atoms with van der Waals surface area (Å²) in [5, 5.41) is 3.03. The van der Waals surface area contributed by atoms with Crippen LogP contribution in [0, 0.1) is 5.92 Å². The fraction of sp³-hybridized carbons (Fsp3) is 0.679. The maximum atomic E-state index is 14.4. The van der Waals surface area contributed by atoms with Gasteiger partial charge in [-0.1, -0.05) is 43.2 Å². The van der Waals surface area contributed by atoms with Gasteiger partial charge in [-0.3, -0.25) is 14.2 Å². The van der Waals surface area contributed by atoms with Crippen LogP contribution in [0.3, 0.4) is 0 Å². The highest BCUT2D eigenvalue weighted by Crippen LogP contribution is 2.53. The van der Waals surface area contributed by atoms with Crippen LogP contribution in [-0.4, -0.2) is 59.4 Å². The summed E-state index contributed by atoms with van der Waals surface area (Å²) in [7, 11) is -3.64. The fourth-order valence-electron chi connectivity index (χ4n) is 5.21. The second kappa shape index (κ2) is 13.1. The third kappa shape index (κ3) is 8.41. The summed E-state index contributed by atoms with van der Waals surface area (Å²) in [5.41, 5.74) is 0.392. The molecule has 8 nitrogen and oxygen atoms in total. The molecule has 0 radical (unpaired) electrons. The standard InChI is InChI=1S/C28H43N2O6P/c1-5-35-37(34,20-25(31)30-19-11-16-23(30)27(33)36-28(2,3)4)24(18-17-21-12-7-6-8-13-21)29-26(32)22-14-9-10-15-22/h6-8,12-13,22-24H,5,9-11,14-20H2,1-4H3,(H,29,32)/t23-,24?,37?/m0/s1. The van der Waals surface area contributed by atoms with Gasteiger partial charge in [-0.15, -0.1) is 0 Å². The van der Waals surface area contributed by atoms with E-state index in [0.717, 1.165) is 31.2 Å². The summed E-state index contributed by atoms with van der Waals surface area (Å²) < 4.78 is 25.7. The SMILES string of the molecule is CCOP(=O)(CC(=O)N1CCC[C@H]1C(=O)OC(C)(C)C)C(CCc1ccccc1)NC(=O)C1CCCC1. The Morgan fingerprint density at radius 1 is 1.08 bits per heavy atom. The van der Waals surface area contributed by atoms with Crippen LogP contribution in [-0.2, 0) is 34.6 Å². The van der Waals surface area contributed by atoms with Gasteiger partial charge in [0.05, 0.1) is 6.61 Å². The first-order valence-corrected chi connectivity index (χ1v) is 15.5. The zero-order valence-electron chi connectivity index (χ0n) is 22.7. The Morgan fingerprint density at radius 2 is 1.76 bits per heavy atom. The minimum Gasteiger partial charge on any atom is -0.458 e. The van der Waals surface area contributed by atoms with Crippen molar-refractivity contribution in [3.63, 3.8) is 0 Å². The second-order valence-electron chi connectivity index (χ2n) is 11.1. The van der Waals surface area contributed by atoms with Gasteiger partial charge >= 0.3 is 5.97 Å². The number of amides is 2. The first-order chi connectivity index (χ1) is 17.5. The quantitative estimate of drug-likeness (QED) is 0.320. The molecule has 0 bridgehead atoms. The molecular formula is C28H43N2O6P. The van der Waals surface area contributed by atoms with Crippen LogP contribution >= 0.6 is 7.37 Å². The van der Waals surface area contributed by atoms with Gasteiger partial charge in [0, 0.05) is 12.5 Å². The number of hydrogen-bond donors (Lipinski definition) is 1. The molecule has 9 heteroatoms. The van der Waals surface area contributed by atoms with E-state index in [1.165, 1.54) is 4.90 Å². The molecule has 1 heterocycles. The fourth-order valence-corrected chi connectivity index (χ4v) is 7.54. The average Bonchev–Trinajstić information content (AvgIpc) is 3.54. The number of nitrogens with zero attached hydrogens (tertiary/aromatic N) is 1. The van der Waals surface area contributed by atoms with Gasteiger partial charge in [-0.25, -0.2) is 4.79 Å². The van der Waals surface area contributed by atoms with Crippen molar-refractivity contribution in [1.29, 1.82) is 0 Å². The van der Waals surface area contributed by atoms with Gasteiger partial charge in [-0.2, -0.15) is 0 Å². The van der Waals surface area contributed by atoms with Gasteiger partial charge in [0.15, 0.2) is 0 Å². The Labute approximate surface area is 221 Å². The zero-order chi connectivity index (χ0) is 27.1. The van der Waals surface area contributed by atoms with Crippen molar-refractivity contribution < 1.29 is 28.2 Å². The molecule has 2 aliphatic rings. The number of aryl methyl sites for hydroxylation is 1. The van der Waals surface area contributed by atoms with Crippen molar-refractivity contribution in [2.75, 3.05) is 19.3 Å². The van der Waals surface area contributed by atoms with Gasteiger partial charge in [0.1, 0.15) is 23.6 Å². The average molecular weight is 535 g/mol. The number of carbonyl (C=O) groups excluding carboxylic acids is 3. The second-order valence-corrected chi connectivity index (χ2v) is 13.8. The Kier molecular flexibility index (Phi) is 10.4. The molecule has 3 atom stereocenters. The highest BCUT2D eigenvalue weighted by Gasteiger charge is 2.43. The summed E-state index contributed by atoms with van der Waals surface area (Å²) in [6, 6.07) is 9.10. The molecule has 2 fully saturated rings. The lowest BCUT2D eigenvalue weighted by molar-refractivity contribution is -0.162. The van der Waals surface area contributed by atoms with Crippen molar-refractivity contribution in [3.8, 4) is 0 Å². The van der Waals surface area contributed by atoms with E-state index in [2.05, 4.69) is 5.32 Å². The first kappa shape index (κ1) is 29.4. The van der Waals surface area contributed by atoms with Crippen LogP contribution in [0.15, 0.2) is 30.3 Å². The minimum absolute atomic E-state index is 0.0971. The topological polar surface area (TPSA) is 102 Å². The van der Waals surface area contributed by atoms with E-state index in [-0.39, 0.29) is 24.6 Å². The minimum atomic E-state index is -3.64. The van der Waals surface area contributed by atoms with E-state index in [1.54, 1.807) is 27.7 Å². The molecule has 1 aromatic rings. The largest absolute Gasteiger partial charge is 0.458 e. The third-order valence-corrected chi connectivity index (χ3v) is 9.76. The molecule has 1 aliphatic heterocycles. The van der Waals surface area contributed by atoms with Crippen LogP contribution in [0.1, 0.15) is 78.2 Å². The first-order valence-electron chi connectivity index (χ1n) is 13.6. The highest BCUT2D eigenvalue weighted by atomic mass is 31.2. The summed E-state index contributed by atoms with van der Waals surface area (Å²) in [6.07, 6.45) is 5.46. The van der Waals surface area contributed by atoms with Gasteiger partial charge in [0.25, 0.3) is 0 Å². The summed E-state index contributed by atoms with van der Waals surface area (Å²) in [4.78, 5) is 40.8. The third-order valence-electron chi connectivity index (χ3n) is 7.01. The van der Waals surface area contributed by atoms with Crippen molar-refractivity contribution >= 4 is 25.2 Å². The Hall–Kier alpha value is -2.18. The molecule has 1 aromatic carbocycles. The normalized spacial score (nSPS) is 20.9. The van der Waals surface area contributed by atoms with E-state index < -0.39 is 36.7 Å². The summed E-state index contributed by atoms with van der Waals surface area (Å²) in [5.74, 6) is -1.84. The molecule has 3 rings (SSSR count). The van der Waals surface area contributed by atoms with Gasteiger partial charge in [0.2, 0.25) is 19.2 Å². The molecule has 1 saturated heterocycles. The predicted octanol–water partition coefficient (Wildman–Crippen LogP) is 4.90. The number of rotatable bonds is 11. The van der Waals surface area contributed by atoms with Crippen LogP contribution in [0.4, 0.5) is 0 Å². The lowest BCUT2D eigenvalue weighted by Gasteiger charge is -2.32. The van der Waals surface area contributed by atoms with Crippen LogP contribution in [0.5, 0.6) is 0 Å². The molecule has 2 unspecified atom stereocenters. The number of esters is 1. The number of benzene rings is 1. The molecule has 1 saturated carbocycles. The smallest absolute Gasteiger partial charge is 0.329 e. The predicted molar refractivity (Wildman–Crippen MR) is 143 cm³/mol. The Bertz CT molecular complexity index is 971. The Morgan fingerprint density at radius 3 is 2.38 bits per heavy atom. The molecule has 37 heavy (non-hydrogen) atoms. The monoisotopic (exact) mass is 534 g/mol. The zero-order valence-corrected chi connectivity index (χ0v) is 23.6. The number of carbonyl (C=O) groups is 3. The number of ether oxygens (including phenoxy) is 1. The highest BCUT2D eigenvalue weighted by molar-refractivity contribution is 7.60. The number of nitrogens with one attached hydrogen (secondary N) is 1. The van der Waals surface area contributed by atoms with Crippen molar-refractivity contribution in [2.45, 2.75) is 96.5 Å².